The summed E-state index contributed by atoms with van der Waals surface area (Å²) in [5.74, 6) is -0.150. The second-order valence-corrected chi connectivity index (χ2v) is 8.02. The van der Waals surface area contributed by atoms with Crippen molar-refractivity contribution in [3.8, 4) is 22.7 Å². The number of methoxy groups -OCH3 is 1. The summed E-state index contributed by atoms with van der Waals surface area (Å²) in [4.78, 5) is 12.4. The summed E-state index contributed by atoms with van der Waals surface area (Å²) in [5, 5.41) is 7.46. The molecule has 3 aromatic carbocycles. The third-order valence-corrected chi connectivity index (χ3v) is 5.43. The lowest BCUT2D eigenvalue weighted by Crippen LogP contribution is -2.23. The lowest BCUT2D eigenvalue weighted by molar-refractivity contribution is -0.121. The van der Waals surface area contributed by atoms with Crippen molar-refractivity contribution < 1.29 is 18.3 Å². The van der Waals surface area contributed by atoms with Gasteiger partial charge in [-0.25, -0.2) is 13.5 Å². The Morgan fingerprint density at radius 3 is 2.50 bits per heavy atom. The van der Waals surface area contributed by atoms with E-state index in [4.69, 9.17) is 4.74 Å². The first-order chi connectivity index (χ1) is 16.4. The Hall–Kier alpha value is -4.00. The zero-order chi connectivity index (χ0) is 24.1. The highest BCUT2D eigenvalue weighted by Gasteiger charge is 2.16. The molecule has 1 N–H and O–H groups in total. The molecule has 1 amide bonds. The minimum atomic E-state index is -0.355. The van der Waals surface area contributed by atoms with Crippen LogP contribution in [0, 0.1) is 18.6 Å². The van der Waals surface area contributed by atoms with Crippen molar-refractivity contribution in [3.63, 3.8) is 0 Å². The minimum Gasteiger partial charge on any atom is -0.497 e. The van der Waals surface area contributed by atoms with Gasteiger partial charge in [0.05, 0.1) is 24.2 Å². The molecule has 4 rings (SSSR count). The van der Waals surface area contributed by atoms with Crippen LogP contribution in [0.25, 0.3) is 16.9 Å². The van der Waals surface area contributed by atoms with Gasteiger partial charge in [0, 0.05) is 24.9 Å². The maximum absolute atomic E-state index is 14.6. The highest BCUT2D eigenvalue weighted by atomic mass is 19.1. The van der Waals surface area contributed by atoms with E-state index in [1.165, 1.54) is 18.2 Å². The first kappa shape index (κ1) is 23.2. The fourth-order valence-electron chi connectivity index (χ4n) is 3.78. The molecule has 0 saturated carbocycles. The number of hydrogen-bond acceptors (Lipinski definition) is 3. The summed E-state index contributed by atoms with van der Waals surface area (Å²) in [7, 11) is 1.59. The van der Waals surface area contributed by atoms with E-state index in [1.54, 1.807) is 43.0 Å². The fourth-order valence-corrected chi connectivity index (χ4v) is 3.78. The number of hydrogen-bond donors (Lipinski definition) is 1. The van der Waals surface area contributed by atoms with Crippen molar-refractivity contribution in [2.75, 3.05) is 7.11 Å². The third-order valence-electron chi connectivity index (χ3n) is 5.43. The standard InChI is InChI=1S/C27H25F2N3O2/c1-18-13-19(15-20(28)14-18)17-30-27(33)12-7-21-16-26(24-5-3-4-6-25(24)29)32(31-21)22-8-10-23(34-2)11-9-22/h3-6,8-11,13-16H,7,12,17H2,1-2H3,(H,30,33). The molecule has 0 unspecified atom stereocenters. The smallest absolute Gasteiger partial charge is 0.220 e. The van der Waals surface area contributed by atoms with Crippen LogP contribution in [-0.2, 0) is 17.8 Å². The van der Waals surface area contributed by atoms with E-state index < -0.39 is 0 Å². The molecule has 34 heavy (non-hydrogen) atoms. The molecule has 5 nitrogen and oxygen atoms in total. The van der Waals surface area contributed by atoms with Crippen LogP contribution in [-0.4, -0.2) is 22.8 Å². The van der Waals surface area contributed by atoms with E-state index in [9.17, 15) is 13.6 Å². The number of aryl methyl sites for hydroxylation is 2. The van der Waals surface area contributed by atoms with Crippen molar-refractivity contribution in [2.24, 2.45) is 0 Å². The van der Waals surface area contributed by atoms with Crippen molar-refractivity contribution >= 4 is 5.91 Å². The number of aromatic nitrogens is 2. The van der Waals surface area contributed by atoms with Crippen LogP contribution in [0.15, 0.2) is 72.8 Å². The maximum Gasteiger partial charge on any atom is 0.220 e. The van der Waals surface area contributed by atoms with Gasteiger partial charge in [0.2, 0.25) is 5.91 Å². The fraction of sp³-hybridized carbons (Fsp3) is 0.185. The third kappa shape index (κ3) is 5.49. The van der Waals surface area contributed by atoms with Crippen LogP contribution >= 0.6 is 0 Å². The number of ether oxygens (including phenoxy) is 1. The summed E-state index contributed by atoms with van der Waals surface area (Å²) in [6.07, 6.45) is 0.573. The van der Waals surface area contributed by atoms with E-state index in [0.29, 0.717) is 34.7 Å². The Balaban J connectivity index is 1.51. The Bertz CT molecular complexity index is 1280. The average Bonchev–Trinajstić information content (AvgIpc) is 3.25. The van der Waals surface area contributed by atoms with Gasteiger partial charge >= 0.3 is 0 Å². The predicted molar refractivity (Wildman–Crippen MR) is 127 cm³/mol. The SMILES string of the molecule is COc1ccc(-n2nc(CCC(=O)NCc3cc(C)cc(F)c3)cc2-c2ccccc2F)cc1. The summed E-state index contributed by atoms with van der Waals surface area (Å²) in [6, 6.07) is 20.3. The number of nitrogens with zero attached hydrogens (tertiary/aromatic N) is 2. The first-order valence-electron chi connectivity index (χ1n) is 10.9. The van der Waals surface area contributed by atoms with Gasteiger partial charge in [0.25, 0.3) is 0 Å². The van der Waals surface area contributed by atoms with Gasteiger partial charge in [0.1, 0.15) is 17.4 Å². The van der Waals surface area contributed by atoms with E-state index in [0.717, 1.165) is 11.3 Å². The Morgan fingerprint density at radius 1 is 1.03 bits per heavy atom. The zero-order valence-corrected chi connectivity index (χ0v) is 19.0. The molecule has 0 atom stereocenters. The molecule has 0 radical (unpaired) electrons. The quantitative estimate of drug-likeness (QED) is 0.383. The predicted octanol–water partition coefficient (Wildman–Crippen LogP) is 5.38. The van der Waals surface area contributed by atoms with Crippen LogP contribution < -0.4 is 10.1 Å². The van der Waals surface area contributed by atoms with Gasteiger partial charge in [-0.3, -0.25) is 4.79 Å². The lowest BCUT2D eigenvalue weighted by atomic mass is 10.1. The molecule has 1 aromatic heterocycles. The van der Waals surface area contributed by atoms with Gasteiger partial charge in [-0.05, 0) is 72.6 Å². The van der Waals surface area contributed by atoms with E-state index in [2.05, 4.69) is 10.4 Å². The van der Waals surface area contributed by atoms with E-state index >= 15 is 0 Å². The van der Waals surface area contributed by atoms with Crippen molar-refractivity contribution in [1.82, 2.24) is 15.1 Å². The van der Waals surface area contributed by atoms with Gasteiger partial charge in [-0.2, -0.15) is 5.10 Å². The lowest BCUT2D eigenvalue weighted by Gasteiger charge is -2.09. The van der Waals surface area contributed by atoms with Crippen LogP contribution in [0.5, 0.6) is 5.75 Å². The summed E-state index contributed by atoms with van der Waals surface area (Å²) < 4.78 is 35.0. The van der Waals surface area contributed by atoms with Gasteiger partial charge in [-0.15, -0.1) is 0 Å². The highest BCUT2D eigenvalue weighted by Crippen LogP contribution is 2.27. The number of carbonyl (C=O) groups is 1. The second-order valence-electron chi connectivity index (χ2n) is 8.02. The zero-order valence-electron chi connectivity index (χ0n) is 19.0. The molecule has 0 fully saturated rings. The second kappa shape index (κ2) is 10.3. The molecule has 4 aromatic rings. The van der Waals surface area contributed by atoms with E-state index in [1.807, 2.05) is 30.3 Å². The normalized spacial score (nSPS) is 10.8. The number of nitrogens with one attached hydrogen (secondary N) is 1. The molecule has 0 aliphatic heterocycles. The topological polar surface area (TPSA) is 56.2 Å². The molecular formula is C27H25F2N3O2. The number of benzene rings is 3. The summed E-state index contributed by atoms with van der Waals surface area (Å²) in [5.41, 5.74) is 3.92. The molecule has 0 bridgehead atoms. The Labute approximate surface area is 197 Å². The Morgan fingerprint density at radius 2 is 1.79 bits per heavy atom. The molecule has 174 valence electrons. The maximum atomic E-state index is 14.6. The number of amides is 1. The monoisotopic (exact) mass is 461 g/mol. The summed E-state index contributed by atoms with van der Waals surface area (Å²) >= 11 is 0. The average molecular weight is 462 g/mol. The molecule has 1 heterocycles. The van der Waals surface area contributed by atoms with Gasteiger partial charge in [0.15, 0.2) is 0 Å². The first-order valence-corrected chi connectivity index (χ1v) is 10.9. The van der Waals surface area contributed by atoms with Crippen molar-refractivity contribution in [2.45, 2.75) is 26.3 Å². The van der Waals surface area contributed by atoms with Crippen LogP contribution in [0.1, 0.15) is 23.2 Å². The molecular weight excluding hydrogens is 436 g/mol. The molecule has 0 spiro atoms. The van der Waals surface area contributed by atoms with Crippen LogP contribution in [0.3, 0.4) is 0 Å². The number of carbonyl (C=O) groups excluding carboxylic acids is 1. The molecule has 0 aliphatic rings. The molecule has 0 saturated heterocycles. The van der Waals surface area contributed by atoms with Crippen molar-refractivity contribution in [3.05, 3.63) is 101 Å². The molecule has 0 aliphatic carbocycles. The van der Waals surface area contributed by atoms with Crippen molar-refractivity contribution in [1.29, 1.82) is 0 Å². The largest absolute Gasteiger partial charge is 0.497 e. The van der Waals surface area contributed by atoms with E-state index in [-0.39, 0.29) is 30.5 Å². The number of rotatable bonds is 8. The number of halogens is 2. The van der Waals surface area contributed by atoms with Gasteiger partial charge in [-0.1, -0.05) is 18.2 Å². The van der Waals surface area contributed by atoms with Gasteiger partial charge < -0.3 is 10.1 Å². The minimum absolute atomic E-state index is 0.173. The van der Waals surface area contributed by atoms with Crippen LogP contribution in [0.4, 0.5) is 8.78 Å². The Kier molecular flexibility index (Phi) is 7.01. The summed E-state index contributed by atoms with van der Waals surface area (Å²) in [6.45, 7) is 2.05. The van der Waals surface area contributed by atoms with Crippen LogP contribution in [0.2, 0.25) is 0 Å². The molecule has 7 heteroatoms. The highest BCUT2D eigenvalue weighted by molar-refractivity contribution is 5.76.